The molecule has 0 unspecified atom stereocenters. The summed E-state index contributed by atoms with van der Waals surface area (Å²) in [4.78, 5) is 29.8. The standard InChI is InChI=1S/C23H32Cl2N4O5S/c1-23(2,3)34-22(31)27-6-4-16(5-7-27)29-20-15-18(25)17(24)14-19(20)28(21(29)30)9-8-26-10-12-35(32,33)13-11-26/h14-16H,4-13H2,1-3H3. The quantitative estimate of drug-likeness (QED) is 0.583. The number of likely N-dealkylation sites (tertiary alicyclic amines) is 1. The van der Waals surface area contributed by atoms with Gasteiger partial charge in [-0.3, -0.25) is 14.0 Å². The Morgan fingerprint density at radius 1 is 1.00 bits per heavy atom. The number of nitrogens with zero attached hydrogens (tertiary/aromatic N) is 4. The molecule has 0 atom stereocenters. The van der Waals surface area contributed by atoms with Gasteiger partial charge in [-0.1, -0.05) is 23.2 Å². The maximum Gasteiger partial charge on any atom is 0.410 e. The highest BCUT2D eigenvalue weighted by Gasteiger charge is 2.30. The highest BCUT2D eigenvalue weighted by Crippen LogP contribution is 2.31. The Balaban J connectivity index is 1.56. The lowest BCUT2D eigenvalue weighted by atomic mass is 10.0. The third kappa shape index (κ3) is 5.98. The molecule has 0 radical (unpaired) electrons. The Bertz CT molecular complexity index is 1260. The van der Waals surface area contributed by atoms with Crippen molar-refractivity contribution in [3.63, 3.8) is 0 Å². The third-order valence-corrected chi connectivity index (χ3v) is 8.89. The number of sulfone groups is 1. The van der Waals surface area contributed by atoms with E-state index in [1.807, 2.05) is 20.8 Å². The van der Waals surface area contributed by atoms with Crippen molar-refractivity contribution >= 4 is 50.2 Å². The zero-order valence-electron chi connectivity index (χ0n) is 20.3. The van der Waals surface area contributed by atoms with Crippen LogP contribution >= 0.6 is 23.2 Å². The van der Waals surface area contributed by atoms with Crippen LogP contribution in [-0.4, -0.2) is 83.3 Å². The molecule has 1 aromatic carbocycles. The summed E-state index contributed by atoms with van der Waals surface area (Å²) in [5, 5.41) is 0.742. The highest BCUT2D eigenvalue weighted by atomic mass is 35.5. The van der Waals surface area contributed by atoms with E-state index in [1.54, 1.807) is 26.2 Å². The predicted octanol–water partition coefficient (Wildman–Crippen LogP) is 3.41. The molecule has 4 rings (SSSR count). The molecule has 2 fully saturated rings. The van der Waals surface area contributed by atoms with Gasteiger partial charge in [0.15, 0.2) is 9.84 Å². The fourth-order valence-electron chi connectivity index (χ4n) is 4.69. The number of imidazole rings is 1. The maximum absolute atomic E-state index is 13.6. The summed E-state index contributed by atoms with van der Waals surface area (Å²) in [5.74, 6) is 0.280. The molecule has 2 aliphatic rings. The molecule has 9 nitrogen and oxygen atoms in total. The molecule has 2 saturated heterocycles. The minimum absolute atomic E-state index is 0.0951. The van der Waals surface area contributed by atoms with Crippen molar-refractivity contribution in [1.82, 2.24) is 18.9 Å². The monoisotopic (exact) mass is 546 g/mol. The normalized spacial score (nSPS) is 19.9. The summed E-state index contributed by atoms with van der Waals surface area (Å²) in [6, 6.07) is 3.35. The molecule has 194 valence electrons. The van der Waals surface area contributed by atoms with E-state index in [1.165, 1.54) is 0 Å². The van der Waals surface area contributed by atoms with Crippen molar-refractivity contribution in [3.8, 4) is 0 Å². The zero-order chi connectivity index (χ0) is 25.5. The first kappa shape index (κ1) is 26.3. The number of rotatable bonds is 4. The molecular formula is C23H32Cl2N4O5S. The number of ether oxygens (including phenoxy) is 1. The van der Waals surface area contributed by atoms with Crippen molar-refractivity contribution < 1.29 is 17.9 Å². The molecule has 12 heteroatoms. The molecule has 1 aromatic heterocycles. The second kappa shape index (κ2) is 9.95. The number of amides is 1. The van der Waals surface area contributed by atoms with Crippen molar-refractivity contribution in [3.05, 3.63) is 32.7 Å². The van der Waals surface area contributed by atoms with Crippen molar-refractivity contribution in [2.45, 2.75) is 51.8 Å². The summed E-state index contributed by atoms with van der Waals surface area (Å²) in [5.41, 5.74) is 0.691. The molecule has 2 aliphatic heterocycles. The van der Waals surface area contributed by atoms with E-state index in [0.717, 1.165) is 0 Å². The number of halogens is 2. The maximum atomic E-state index is 13.6. The average Bonchev–Trinajstić information content (AvgIpc) is 3.02. The van der Waals surface area contributed by atoms with Gasteiger partial charge < -0.3 is 9.64 Å². The first-order valence-corrected chi connectivity index (χ1v) is 14.4. The molecule has 0 N–H and O–H groups in total. The van der Waals surface area contributed by atoms with E-state index in [-0.39, 0.29) is 29.3 Å². The summed E-state index contributed by atoms with van der Waals surface area (Å²) < 4.78 is 32.4. The predicted molar refractivity (Wildman–Crippen MR) is 137 cm³/mol. The fourth-order valence-corrected chi connectivity index (χ4v) is 6.28. The molecule has 35 heavy (non-hydrogen) atoms. The van der Waals surface area contributed by atoms with E-state index >= 15 is 0 Å². The van der Waals surface area contributed by atoms with Crippen LogP contribution in [0, 0.1) is 0 Å². The number of aromatic nitrogens is 2. The number of hydrogen-bond donors (Lipinski definition) is 0. The number of benzene rings is 1. The largest absolute Gasteiger partial charge is 0.444 e. The molecule has 2 aromatic rings. The third-order valence-electron chi connectivity index (χ3n) is 6.56. The molecule has 0 bridgehead atoms. The Labute approximate surface area is 215 Å². The van der Waals surface area contributed by atoms with Crippen LogP contribution in [0.5, 0.6) is 0 Å². The Morgan fingerprint density at radius 2 is 1.57 bits per heavy atom. The van der Waals surface area contributed by atoms with Crippen molar-refractivity contribution in [2.75, 3.05) is 44.2 Å². The van der Waals surface area contributed by atoms with Gasteiger partial charge in [0.2, 0.25) is 0 Å². The van der Waals surface area contributed by atoms with E-state index < -0.39 is 15.4 Å². The van der Waals surface area contributed by atoms with Crippen LogP contribution in [0.3, 0.4) is 0 Å². The minimum Gasteiger partial charge on any atom is -0.444 e. The van der Waals surface area contributed by atoms with Gasteiger partial charge in [-0.25, -0.2) is 18.0 Å². The molecule has 0 spiro atoms. The van der Waals surface area contributed by atoms with Crippen LogP contribution in [0.2, 0.25) is 10.0 Å². The van der Waals surface area contributed by atoms with Gasteiger partial charge in [0.1, 0.15) is 5.60 Å². The van der Waals surface area contributed by atoms with Crippen LogP contribution in [0.15, 0.2) is 16.9 Å². The molecule has 1 amide bonds. The van der Waals surface area contributed by atoms with Crippen LogP contribution in [0.1, 0.15) is 39.7 Å². The number of carbonyl (C=O) groups excluding carboxylic acids is 1. The summed E-state index contributed by atoms with van der Waals surface area (Å²) in [7, 11) is -2.97. The lowest BCUT2D eigenvalue weighted by Gasteiger charge is -2.33. The molecule has 0 aliphatic carbocycles. The molecule has 3 heterocycles. The number of piperidine rings is 1. The van der Waals surface area contributed by atoms with Gasteiger partial charge >= 0.3 is 11.8 Å². The Kier molecular flexibility index (Phi) is 7.48. The second-order valence-corrected chi connectivity index (χ2v) is 13.4. The van der Waals surface area contributed by atoms with E-state index in [9.17, 15) is 18.0 Å². The van der Waals surface area contributed by atoms with Crippen LogP contribution in [0.25, 0.3) is 11.0 Å². The van der Waals surface area contributed by atoms with E-state index in [2.05, 4.69) is 4.90 Å². The average molecular weight is 548 g/mol. The summed E-state index contributed by atoms with van der Waals surface area (Å²) in [6.07, 6.45) is 0.884. The van der Waals surface area contributed by atoms with E-state index in [4.69, 9.17) is 27.9 Å². The lowest BCUT2D eigenvalue weighted by molar-refractivity contribution is 0.0188. The summed E-state index contributed by atoms with van der Waals surface area (Å²) >= 11 is 12.6. The topological polar surface area (TPSA) is 93.8 Å². The van der Waals surface area contributed by atoms with Gasteiger partial charge in [0.05, 0.1) is 32.6 Å². The highest BCUT2D eigenvalue weighted by molar-refractivity contribution is 7.91. The molecular weight excluding hydrogens is 515 g/mol. The van der Waals surface area contributed by atoms with Crippen molar-refractivity contribution in [1.29, 1.82) is 0 Å². The van der Waals surface area contributed by atoms with Gasteiger partial charge in [-0.2, -0.15) is 0 Å². The Morgan fingerprint density at radius 3 is 2.14 bits per heavy atom. The van der Waals surface area contributed by atoms with Crippen LogP contribution in [-0.2, 0) is 21.1 Å². The fraction of sp³-hybridized carbons (Fsp3) is 0.652. The number of fused-ring (bicyclic) bond motifs is 1. The van der Waals surface area contributed by atoms with Gasteiger partial charge in [0.25, 0.3) is 0 Å². The first-order valence-electron chi connectivity index (χ1n) is 11.8. The first-order chi connectivity index (χ1) is 16.3. The van der Waals surface area contributed by atoms with Crippen molar-refractivity contribution in [2.24, 2.45) is 0 Å². The number of carbonyl (C=O) groups is 1. The van der Waals surface area contributed by atoms with Gasteiger partial charge in [-0.05, 0) is 45.7 Å². The van der Waals surface area contributed by atoms with E-state index in [0.29, 0.717) is 73.2 Å². The van der Waals surface area contributed by atoms with Gasteiger partial charge in [-0.15, -0.1) is 0 Å². The van der Waals surface area contributed by atoms with Gasteiger partial charge in [0, 0.05) is 45.3 Å². The Hall–Kier alpha value is -1.75. The van der Waals surface area contributed by atoms with Crippen LogP contribution in [0.4, 0.5) is 4.79 Å². The number of hydrogen-bond acceptors (Lipinski definition) is 6. The smallest absolute Gasteiger partial charge is 0.410 e. The second-order valence-electron chi connectivity index (χ2n) is 10.3. The molecule has 0 saturated carbocycles. The minimum atomic E-state index is -2.97. The lowest BCUT2D eigenvalue weighted by Crippen LogP contribution is -2.44. The SMILES string of the molecule is CC(C)(C)OC(=O)N1CCC(n2c(=O)n(CCN3CCS(=O)(=O)CC3)c3cc(Cl)c(Cl)cc32)CC1. The van der Waals surface area contributed by atoms with Crippen LogP contribution < -0.4 is 5.69 Å². The zero-order valence-corrected chi connectivity index (χ0v) is 22.6. The summed E-state index contributed by atoms with van der Waals surface area (Å²) in [6.45, 7) is 8.39.